The summed E-state index contributed by atoms with van der Waals surface area (Å²) < 4.78 is 11.0. The SMILES string of the molecule is CCCCCCCCOCCOc1ccc(C(=O)O)cc1. The van der Waals surface area contributed by atoms with Gasteiger partial charge in [-0.1, -0.05) is 39.0 Å². The minimum atomic E-state index is -0.927. The van der Waals surface area contributed by atoms with Crippen LogP contribution < -0.4 is 4.74 Å². The molecule has 4 nitrogen and oxygen atoms in total. The molecule has 0 saturated carbocycles. The third-order valence-electron chi connectivity index (χ3n) is 3.24. The minimum Gasteiger partial charge on any atom is -0.491 e. The fourth-order valence-electron chi connectivity index (χ4n) is 2.00. The van der Waals surface area contributed by atoms with Crippen LogP contribution in [0.15, 0.2) is 24.3 Å². The highest BCUT2D eigenvalue weighted by Gasteiger charge is 2.01. The molecule has 0 aliphatic rings. The van der Waals surface area contributed by atoms with Crippen molar-refractivity contribution in [1.29, 1.82) is 0 Å². The van der Waals surface area contributed by atoms with Gasteiger partial charge in [0.2, 0.25) is 0 Å². The number of carbonyl (C=O) groups is 1. The largest absolute Gasteiger partial charge is 0.491 e. The lowest BCUT2D eigenvalue weighted by Crippen LogP contribution is -2.07. The summed E-state index contributed by atoms with van der Waals surface area (Å²) in [6.45, 7) is 4.06. The third-order valence-corrected chi connectivity index (χ3v) is 3.24. The van der Waals surface area contributed by atoms with Crippen LogP contribution in [-0.2, 0) is 4.74 Å². The van der Waals surface area contributed by atoms with Crippen molar-refractivity contribution in [1.82, 2.24) is 0 Å². The maximum Gasteiger partial charge on any atom is 0.335 e. The molecule has 0 bridgehead atoms. The zero-order valence-corrected chi connectivity index (χ0v) is 12.8. The second kappa shape index (κ2) is 11.1. The van der Waals surface area contributed by atoms with Crippen LogP contribution in [0.25, 0.3) is 0 Å². The van der Waals surface area contributed by atoms with Crippen molar-refractivity contribution in [2.24, 2.45) is 0 Å². The van der Waals surface area contributed by atoms with Crippen molar-refractivity contribution < 1.29 is 19.4 Å². The van der Waals surface area contributed by atoms with Gasteiger partial charge in [0.25, 0.3) is 0 Å². The number of ether oxygens (including phenoxy) is 2. The quantitative estimate of drug-likeness (QED) is 0.589. The predicted octanol–water partition coefficient (Wildman–Crippen LogP) is 4.14. The van der Waals surface area contributed by atoms with E-state index in [1.165, 1.54) is 44.2 Å². The minimum absolute atomic E-state index is 0.265. The van der Waals surface area contributed by atoms with Crippen LogP contribution >= 0.6 is 0 Å². The van der Waals surface area contributed by atoms with Crippen molar-refractivity contribution in [3.63, 3.8) is 0 Å². The van der Waals surface area contributed by atoms with Crippen LogP contribution in [0, 0.1) is 0 Å². The van der Waals surface area contributed by atoms with Crippen molar-refractivity contribution in [2.75, 3.05) is 19.8 Å². The maximum atomic E-state index is 10.7. The van der Waals surface area contributed by atoms with Crippen molar-refractivity contribution in [3.8, 4) is 5.75 Å². The van der Waals surface area contributed by atoms with Gasteiger partial charge in [-0.15, -0.1) is 0 Å². The van der Waals surface area contributed by atoms with Gasteiger partial charge < -0.3 is 14.6 Å². The van der Waals surface area contributed by atoms with E-state index in [0.717, 1.165) is 13.0 Å². The maximum absolute atomic E-state index is 10.7. The molecule has 4 heteroatoms. The molecule has 1 rings (SSSR count). The normalized spacial score (nSPS) is 10.5. The van der Waals surface area contributed by atoms with Crippen LogP contribution in [-0.4, -0.2) is 30.9 Å². The predicted molar refractivity (Wildman–Crippen MR) is 83.1 cm³/mol. The average molecular weight is 294 g/mol. The first-order valence-electron chi connectivity index (χ1n) is 7.78. The number of carboxylic acid groups (broad SMARTS) is 1. The Hall–Kier alpha value is -1.55. The summed E-state index contributed by atoms with van der Waals surface area (Å²) in [5, 5.41) is 8.78. The summed E-state index contributed by atoms with van der Waals surface area (Å²) in [4.78, 5) is 10.7. The van der Waals surface area contributed by atoms with E-state index >= 15 is 0 Å². The van der Waals surface area contributed by atoms with Gasteiger partial charge in [-0.05, 0) is 30.7 Å². The van der Waals surface area contributed by atoms with E-state index in [4.69, 9.17) is 14.6 Å². The van der Waals surface area contributed by atoms with Crippen molar-refractivity contribution >= 4 is 5.97 Å². The van der Waals surface area contributed by atoms with Crippen molar-refractivity contribution in [2.45, 2.75) is 45.4 Å². The molecule has 0 radical (unpaired) electrons. The molecular formula is C17H26O4. The van der Waals surface area contributed by atoms with E-state index in [0.29, 0.717) is 19.0 Å². The molecule has 1 aromatic carbocycles. The zero-order valence-electron chi connectivity index (χ0n) is 12.8. The smallest absolute Gasteiger partial charge is 0.335 e. The Bertz CT molecular complexity index is 386. The molecule has 0 heterocycles. The zero-order chi connectivity index (χ0) is 15.3. The van der Waals surface area contributed by atoms with E-state index < -0.39 is 5.97 Å². The molecule has 1 aromatic rings. The van der Waals surface area contributed by atoms with E-state index in [1.807, 2.05) is 0 Å². The summed E-state index contributed by atoms with van der Waals surface area (Å²) >= 11 is 0. The number of benzene rings is 1. The molecule has 0 atom stereocenters. The van der Waals surface area contributed by atoms with E-state index in [9.17, 15) is 4.79 Å². The Kier molecular flexibility index (Phi) is 9.29. The first-order chi connectivity index (χ1) is 10.2. The number of hydrogen-bond donors (Lipinski definition) is 1. The fourth-order valence-corrected chi connectivity index (χ4v) is 2.00. The Labute approximate surface area is 127 Å². The first kappa shape index (κ1) is 17.5. The van der Waals surface area contributed by atoms with Crippen molar-refractivity contribution in [3.05, 3.63) is 29.8 Å². The molecule has 0 aromatic heterocycles. The van der Waals surface area contributed by atoms with Gasteiger partial charge in [0.15, 0.2) is 0 Å². The highest BCUT2D eigenvalue weighted by atomic mass is 16.5. The Morgan fingerprint density at radius 2 is 1.62 bits per heavy atom. The summed E-state index contributed by atoms with van der Waals surface area (Å²) in [6, 6.07) is 6.40. The van der Waals surface area contributed by atoms with Gasteiger partial charge in [0.1, 0.15) is 12.4 Å². The highest BCUT2D eigenvalue weighted by molar-refractivity contribution is 5.87. The van der Waals surface area contributed by atoms with Crippen LogP contribution in [0.2, 0.25) is 0 Å². The van der Waals surface area contributed by atoms with E-state index in [-0.39, 0.29) is 5.56 Å². The topological polar surface area (TPSA) is 55.8 Å². The summed E-state index contributed by atoms with van der Waals surface area (Å²) in [6.07, 6.45) is 7.57. The molecular weight excluding hydrogens is 268 g/mol. The molecule has 0 fully saturated rings. The second-order valence-corrected chi connectivity index (χ2v) is 5.06. The highest BCUT2D eigenvalue weighted by Crippen LogP contribution is 2.12. The van der Waals surface area contributed by atoms with Gasteiger partial charge in [-0.2, -0.15) is 0 Å². The first-order valence-corrected chi connectivity index (χ1v) is 7.78. The number of unbranched alkanes of at least 4 members (excludes halogenated alkanes) is 5. The standard InChI is InChI=1S/C17H26O4/c1-2-3-4-5-6-7-12-20-13-14-21-16-10-8-15(9-11-16)17(18)19/h8-11H,2-7,12-14H2,1H3,(H,18,19). The average Bonchev–Trinajstić information content (AvgIpc) is 2.49. The Balaban J connectivity index is 1.98. The molecule has 0 amide bonds. The van der Waals surface area contributed by atoms with E-state index in [1.54, 1.807) is 12.1 Å². The fraction of sp³-hybridized carbons (Fsp3) is 0.588. The lowest BCUT2D eigenvalue weighted by molar-refractivity contribution is 0.0696. The molecule has 21 heavy (non-hydrogen) atoms. The third kappa shape index (κ3) is 8.35. The number of carboxylic acids is 1. The van der Waals surface area contributed by atoms with Gasteiger partial charge in [-0.25, -0.2) is 4.79 Å². The van der Waals surface area contributed by atoms with Crippen LogP contribution in [0.5, 0.6) is 5.75 Å². The molecule has 118 valence electrons. The molecule has 1 N–H and O–H groups in total. The number of rotatable bonds is 12. The molecule has 0 aliphatic heterocycles. The van der Waals surface area contributed by atoms with Gasteiger partial charge in [-0.3, -0.25) is 0 Å². The van der Waals surface area contributed by atoms with Crippen LogP contribution in [0.1, 0.15) is 55.8 Å². The Morgan fingerprint density at radius 1 is 0.952 bits per heavy atom. The van der Waals surface area contributed by atoms with E-state index in [2.05, 4.69) is 6.92 Å². The summed E-state index contributed by atoms with van der Waals surface area (Å²) in [5.74, 6) is -0.257. The van der Waals surface area contributed by atoms with Crippen LogP contribution in [0.4, 0.5) is 0 Å². The lowest BCUT2D eigenvalue weighted by atomic mass is 10.1. The number of aromatic carboxylic acids is 1. The van der Waals surface area contributed by atoms with Crippen LogP contribution in [0.3, 0.4) is 0 Å². The molecule has 0 spiro atoms. The molecule has 0 unspecified atom stereocenters. The molecule has 0 aliphatic carbocycles. The van der Waals surface area contributed by atoms with Gasteiger partial charge in [0.05, 0.1) is 12.2 Å². The number of hydrogen-bond acceptors (Lipinski definition) is 3. The monoisotopic (exact) mass is 294 g/mol. The summed E-state index contributed by atoms with van der Waals surface area (Å²) in [7, 11) is 0. The lowest BCUT2D eigenvalue weighted by Gasteiger charge is -2.07. The summed E-state index contributed by atoms with van der Waals surface area (Å²) in [5.41, 5.74) is 0.265. The molecule has 0 saturated heterocycles. The van der Waals surface area contributed by atoms with Gasteiger partial charge in [0, 0.05) is 6.61 Å². The van der Waals surface area contributed by atoms with Gasteiger partial charge >= 0.3 is 5.97 Å². The second-order valence-electron chi connectivity index (χ2n) is 5.06. The Morgan fingerprint density at radius 3 is 2.29 bits per heavy atom.